The first kappa shape index (κ1) is 16.5. The molecule has 0 unspecified atom stereocenters. The Hall–Kier alpha value is -1.87. The largest absolute Gasteiger partial charge is 0.478 e. The number of hydrogen-bond donors (Lipinski definition) is 2. The Morgan fingerprint density at radius 3 is 2.50 bits per heavy atom. The molecule has 0 radical (unpaired) electrons. The maximum Gasteiger partial charge on any atom is 0.335 e. The molecular formula is C13H14BrN3O4S. The molecule has 0 saturated heterocycles. The van der Waals surface area contributed by atoms with Crippen molar-refractivity contribution in [1.82, 2.24) is 9.78 Å². The van der Waals surface area contributed by atoms with Gasteiger partial charge in [-0.3, -0.25) is 9.40 Å². The summed E-state index contributed by atoms with van der Waals surface area (Å²) >= 11 is 3.14. The van der Waals surface area contributed by atoms with Crippen LogP contribution in [0.4, 0.5) is 5.69 Å². The monoisotopic (exact) mass is 387 g/mol. The molecule has 7 nitrogen and oxygen atoms in total. The highest BCUT2D eigenvalue weighted by molar-refractivity contribution is 9.10. The number of carboxylic acids is 1. The molecule has 0 fully saturated rings. The number of aryl methyl sites for hydroxylation is 2. The molecule has 0 aliphatic heterocycles. The molecule has 0 saturated carbocycles. The minimum absolute atomic E-state index is 0.108. The van der Waals surface area contributed by atoms with E-state index in [0.29, 0.717) is 17.1 Å². The van der Waals surface area contributed by atoms with Crippen LogP contribution in [0, 0.1) is 13.8 Å². The van der Waals surface area contributed by atoms with Gasteiger partial charge in [0.15, 0.2) is 0 Å². The van der Waals surface area contributed by atoms with Crippen LogP contribution in [-0.4, -0.2) is 29.3 Å². The molecule has 0 bridgehead atoms. The van der Waals surface area contributed by atoms with Gasteiger partial charge in [-0.2, -0.15) is 5.10 Å². The summed E-state index contributed by atoms with van der Waals surface area (Å²) < 4.78 is 29.4. The molecule has 0 atom stereocenters. The molecule has 0 aliphatic carbocycles. The average Bonchev–Trinajstić information content (AvgIpc) is 2.65. The van der Waals surface area contributed by atoms with Crippen molar-refractivity contribution in [3.05, 3.63) is 39.6 Å². The molecule has 1 aromatic carbocycles. The van der Waals surface area contributed by atoms with Crippen molar-refractivity contribution >= 4 is 37.6 Å². The number of hydrogen-bond acceptors (Lipinski definition) is 4. The van der Waals surface area contributed by atoms with Crippen molar-refractivity contribution in [2.24, 2.45) is 7.05 Å². The van der Waals surface area contributed by atoms with E-state index in [1.807, 2.05) is 0 Å². The van der Waals surface area contributed by atoms with Crippen molar-refractivity contribution < 1.29 is 18.3 Å². The molecule has 2 rings (SSSR count). The van der Waals surface area contributed by atoms with E-state index >= 15 is 0 Å². The fourth-order valence-electron chi connectivity index (χ4n) is 1.95. The molecule has 0 aliphatic rings. The number of aromatic carboxylic acids is 1. The van der Waals surface area contributed by atoms with Gasteiger partial charge in [0.25, 0.3) is 10.0 Å². The highest BCUT2D eigenvalue weighted by Crippen LogP contribution is 2.27. The number of nitrogens with one attached hydrogen (secondary N) is 1. The topological polar surface area (TPSA) is 101 Å². The van der Waals surface area contributed by atoms with Gasteiger partial charge in [-0.15, -0.1) is 0 Å². The fraction of sp³-hybridized carbons (Fsp3) is 0.231. The minimum Gasteiger partial charge on any atom is -0.478 e. The van der Waals surface area contributed by atoms with Gasteiger partial charge in [-0.25, -0.2) is 13.2 Å². The second-order valence-corrected chi connectivity index (χ2v) is 7.23. The Balaban J connectivity index is 2.51. The van der Waals surface area contributed by atoms with Crippen LogP contribution >= 0.6 is 15.9 Å². The highest BCUT2D eigenvalue weighted by Gasteiger charge is 2.23. The number of carbonyl (C=O) groups is 1. The van der Waals surface area contributed by atoms with Gasteiger partial charge < -0.3 is 5.11 Å². The van der Waals surface area contributed by atoms with Crippen molar-refractivity contribution in [3.63, 3.8) is 0 Å². The van der Waals surface area contributed by atoms with Crippen molar-refractivity contribution in [2.75, 3.05) is 4.72 Å². The standard InChI is InChI=1S/C13H14BrN3O4S/c1-7-12(8(2)17(3)15-7)16-22(20,21)11-6-9(13(18)19)4-5-10(11)14/h4-6,16H,1-3H3,(H,18,19). The summed E-state index contributed by atoms with van der Waals surface area (Å²) in [6.07, 6.45) is 0. The zero-order valence-electron chi connectivity index (χ0n) is 12.1. The SMILES string of the molecule is Cc1nn(C)c(C)c1NS(=O)(=O)c1cc(C(=O)O)ccc1Br. The number of sulfonamides is 1. The Kier molecular flexibility index (Phi) is 4.30. The number of carboxylic acid groups (broad SMARTS) is 1. The van der Waals surface area contributed by atoms with E-state index in [0.717, 1.165) is 6.07 Å². The number of halogens is 1. The maximum absolute atomic E-state index is 12.5. The maximum atomic E-state index is 12.5. The average molecular weight is 388 g/mol. The van der Waals surface area contributed by atoms with Gasteiger partial charge in [0.05, 0.1) is 22.6 Å². The van der Waals surface area contributed by atoms with E-state index in [1.54, 1.807) is 25.6 Å². The Labute approximate surface area is 136 Å². The van der Waals surface area contributed by atoms with Crippen LogP contribution in [0.2, 0.25) is 0 Å². The van der Waals surface area contributed by atoms with Crippen LogP contribution in [0.15, 0.2) is 27.6 Å². The lowest BCUT2D eigenvalue weighted by Gasteiger charge is -2.10. The van der Waals surface area contributed by atoms with E-state index in [9.17, 15) is 13.2 Å². The van der Waals surface area contributed by atoms with Gasteiger partial charge in [-0.05, 0) is 48.0 Å². The van der Waals surface area contributed by atoms with Crippen LogP contribution in [-0.2, 0) is 17.1 Å². The summed E-state index contributed by atoms with van der Waals surface area (Å²) in [5.74, 6) is -1.20. The summed E-state index contributed by atoms with van der Waals surface area (Å²) in [7, 11) is -2.24. The summed E-state index contributed by atoms with van der Waals surface area (Å²) in [5.41, 5.74) is 1.47. The highest BCUT2D eigenvalue weighted by atomic mass is 79.9. The summed E-state index contributed by atoms with van der Waals surface area (Å²) in [6.45, 7) is 3.42. The normalized spacial score (nSPS) is 11.5. The van der Waals surface area contributed by atoms with E-state index in [1.165, 1.54) is 12.1 Å². The Morgan fingerprint density at radius 2 is 2.00 bits per heavy atom. The lowest BCUT2D eigenvalue weighted by atomic mass is 10.2. The van der Waals surface area contributed by atoms with Crippen molar-refractivity contribution in [3.8, 4) is 0 Å². The second-order valence-electron chi connectivity index (χ2n) is 4.73. The Bertz CT molecular complexity index is 858. The van der Waals surface area contributed by atoms with Crippen LogP contribution in [0.3, 0.4) is 0 Å². The minimum atomic E-state index is -3.95. The summed E-state index contributed by atoms with van der Waals surface area (Å²) in [6, 6.07) is 3.82. The third-order valence-electron chi connectivity index (χ3n) is 3.21. The number of anilines is 1. The predicted octanol–water partition coefficient (Wildman–Crippen LogP) is 2.30. The third-order valence-corrected chi connectivity index (χ3v) is 5.56. The van der Waals surface area contributed by atoms with Crippen LogP contribution in [0.25, 0.3) is 0 Å². The summed E-state index contributed by atoms with van der Waals surface area (Å²) in [4.78, 5) is 10.9. The molecule has 9 heteroatoms. The molecule has 2 aromatic rings. The molecule has 0 spiro atoms. The Morgan fingerprint density at radius 1 is 1.36 bits per heavy atom. The molecule has 0 amide bonds. The first-order valence-corrected chi connectivity index (χ1v) is 8.47. The zero-order valence-corrected chi connectivity index (χ0v) is 14.5. The van der Waals surface area contributed by atoms with Gasteiger partial charge in [0.2, 0.25) is 0 Å². The second kappa shape index (κ2) is 5.73. The molecule has 1 heterocycles. The van der Waals surface area contributed by atoms with E-state index in [2.05, 4.69) is 25.8 Å². The van der Waals surface area contributed by atoms with Crippen molar-refractivity contribution in [2.45, 2.75) is 18.7 Å². The van der Waals surface area contributed by atoms with E-state index in [-0.39, 0.29) is 14.9 Å². The van der Waals surface area contributed by atoms with Crippen LogP contribution < -0.4 is 4.72 Å². The van der Waals surface area contributed by atoms with E-state index < -0.39 is 16.0 Å². The molecule has 1 aromatic heterocycles. The van der Waals surface area contributed by atoms with Crippen molar-refractivity contribution in [1.29, 1.82) is 0 Å². The van der Waals surface area contributed by atoms with Crippen LogP contribution in [0.5, 0.6) is 0 Å². The smallest absolute Gasteiger partial charge is 0.335 e. The number of nitrogens with zero attached hydrogens (tertiary/aromatic N) is 2. The molecule has 118 valence electrons. The lowest BCUT2D eigenvalue weighted by molar-refractivity contribution is 0.0696. The molecule has 2 N–H and O–H groups in total. The first-order chi connectivity index (χ1) is 10.1. The first-order valence-electron chi connectivity index (χ1n) is 6.19. The number of aromatic nitrogens is 2. The zero-order chi connectivity index (χ0) is 16.7. The van der Waals surface area contributed by atoms with E-state index in [4.69, 9.17) is 5.11 Å². The van der Waals surface area contributed by atoms with Gasteiger partial charge in [0.1, 0.15) is 4.90 Å². The van der Waals surface area contributed by atoms with Gasteiger partial charge in [-0.1, -0.05) is 0 Å². The number of rotatable bonds is 4. The summed E-state index contributed by atoms with van der Waals surface area (Å²) in [5, 5.41) is 13.1. The number of benzene rings is 1. The quantitative estimate of drug-likeness (QED) is 0.837. The van der Waals surface area contributed by atoms with Crippen LogP contribution in [0.1, 0.15) is 21.7 Å². The van der Waals surface area contributed by atoms with Gasteiger partial charge >= 0.3 is 5.97 Å². The lowest BCUT2D eigenvalue weighted by Crippen LogP contribution is -2.15. The third kappa shape index (κ3) is 3.00. The predicted molar refractivity (Wildman–Crippen MR) is 84.6 cm³/mol. The molecule has 22 heavy (non-hydrogen) atoms. The fourth-order valence-corrected chi connectivity index (χ4v) is 4.12. The van der Waals surface area contributed by atoms with Gasteiger partial charge in [0, 0.05) is 11.5 Å². The molecular weight excluding hydrogens is 374 g/mol.